The Kier molecular flexibility index (Phi) is 3.38. The van der Waals surface area contributed by atoms with Crippen molar-refractivity contribution < 1.29 is 4.79 Å². The van der Waals surface area contributed by atoms with Gasteiger partial charge >= 0.3 is 0 Å². The van der Waals surface area contributed by atoms with E-state index in [1.165, 1.54) is 0 Å². The molecule has 0 atom stereocenters. The smallest absolute Gasteiger partial charge is 0.252 e. The Labute approximate surface area is 155 Å². The molecule has 4 N–H and O–H groups in total. The topological polar surface area (TPSA) is 101 Å². The van der Waals surface area contributed by atoms with Crippen LogP contribution >= 0.6 is 0 Å². The number of hydrogen-bond acceptors (Lipinski definition) is 4. The monoisotopic (exact) mass is 358 g/mol. The summed E-state index contributed by atoms with van der Waals surface area (Å²) < 4.78 is 1.84. The molecule has 1 aliphatic heterocycles. The first-order valence-corrected chi connectivity index (χ1v) is 8.80. The second-order valence-corrected chi connectivity index (χ2v) is 6.65. The van der Waals surface area contributed by atoms with E-state index in [1.54, 1.807) is 0 Å². The number of rotatable bonds is 3. The Balaban J connectivity index is 1.73. The lowest BCUT2D eigenvalue weighted by Crippen LogP contribution is -2.13. The minimum Gasteiger partial charge on any atom is -0.348 e. The van der Waals surface area contributed by atoms with Crippen LogP contribution in [0.4, 0.5) is 0 Å². The number of aryl methyl sites for hydroxylation is 1. The van der Waals surface area contributed by atoms with Gasteiger partial charge in [-0.15, -0.1) is 0 Å². The van der Waals surface area contributed by atoms with Crippen LogP contribution in [0.3, 0.4) is 0 Å². The number of hydrogen-bond donors (Lipinski definition) is 3. The number of nitrogens with two attached hydrogens (primary N) is 1. The quantitative estimate of drug-likeness (QED) is 0.523. The molecular weight excluding hydrogens is 340 g/mol. The van der Waals surface area contributed by atoms with Crippen LogP contribution in [-0.2, 0) is 13.1 Å². The van der Waals surface area contributed by atoms with Crippen LogP contribution in [0.25, 0.3) is 28.0 Å². The van der Waals surface area contributed by atoms with Gasteiger partial charge in [0.05, 0.1) is 23.0 Å². The molecule has 5 rings (SSSR count). The van der Waals surface area contributed by atoms with Crippen LogP contribution in [0.15, 0.2) is 42.7 Å². The molecule has 1 aliphatic rings. The normalized spacial score (nSPS) is 13.2. The molecule has 27 heavy (non-hydrogen) atoms. The van der Waals surface area contributed by atoms with Gasteiger partial charge in [0.25, 0.3) is 5.91 Å². The van der Waals surface area contributed by atoms with Crippen LogP contribution < -0.4 is 11.1 Å². The standard InChI is InChI=1S/C20H18N6O/c1-11-16(8-21)25-19(24-11)13-6-5-12(15-9-22-20(27)18(13)15)14-10-23-26-7-3-2-4-17(14)26/h2-7,10H,8-9,21H2,1H3,(H,22,27)(H,24,25). The van der Waals surface area contributed by atoms with Crippen molar-refractivity contribution in [3.63, 3.8) is 0 Å². The van der Waals surface area contributed by atoms with Gasteiger partial charge in [0.15, 0.2) is 0 Å². The first kappa shape index (κ1) is 15.8. The highest BCUT2D eigenvalue weighted by Gasteiger charge is 2.28. The molecule has 0 radical (unpaired) electrons. The van der Waals surface area contributed by atoms with E-state index in [0.717, 1.165) is 39.2 Å². The average molecular weight is 358 g/mol. The highest BCUT2D eigenvalue weighted by molar-refractivity contribution is 6.06. The number of imidazole rings is 1. The maximum Gasteiger partial charge on any atom is 0.252 e. The molecule has 0 fully saturated rings. The molecule has 4 heterocycles. The minimum atomic E-state index is -0.0818. The maximum atomic E-state index is 12.6. The summed E-state index contributed by atoms with van der Waals surface area (Å²) in [4.78, 5) is 20.4. The van der Waals surface area contributed by atoms with Crippen molar-refractivity contribution >= 4 is 11.4 Å². The number of fused-ring (bicyclic) bond motifs is 2. The molecule has 7 nitrogen and oxygen atoms in total. The fourth-order valence-electron chi connectivity index (χ4n) is 3.76. The molecule has 0 bridgehead atoms. The Morgan fingerprint density at radius 3 is 2.85 bits per heavy atom. The van der Waals surface area contributed by atoms with Crippen molar-refractivity contribution in [2.45, 2.75) is 20.0 Å². The molecule has 0 unspecified atom stereocenters. The highest BCUT2D eigenvalue weighted by atomic mass is 16.1. The van der Waals surface area contributed by atoms with E-state index in [-0.39, 0.29) is 5.91 Å². The van der Waals surface area contributed by atoms with E-state index < -0.39 is 0 Å². The van der Waals surface area contributed by atoms with Crippen molar-refractivity contribution in [2.24, 2.45) is 5.73 Å². The summed E-state index contributed by atoms with van der Waals surface area (Å²) in [5.74, 6) is 0.592. The van der Waals surface area contributed by atoms with Crippen LogP contribution in [0, 0.1) is 6.92 Å². The lowest BCUT2D eigenvalue weighted by atomic mass is 9.93. The van der Waals surface area contributed by atoms with Gasteiger partial charge in [-0.3, -0.25) is 4.79 Å². The minimum absolute atomic E-state index is 0.0818. The van der Waals surface area contributed by atoms with Gasteiger partial charge < -0.3 is 16.0 Å². The lowest BCUT2D eigenvalue weighted by Gasteiger charge is -2.09. The van der Waals surface area contributed by atoms with Gasteiger partial charge in [-0.25, -0.2) is 9.50 Å². The predicted molar refractivity (Wildman–Crippen MR) is 102 cm³/mol. The molecule has 1 amide bonds. The molecule has 1 aromatic carbocycles. The fraction of sp³-hybridized carbons (Fsp3) is 0.150. The van der Waals surface area contributed by atoms with Crippen molar-refractivity contribution in [1.29, 1.82) is 0 Å². The zero-order chi connectivity index (χ0) is 18.5. The predicted octanol–water partition coefficient (Wildman–Crippen LogP) is 2.40. The van der Waals surface area contributed by atoms with E-state index in [9.17, 15) is 4.79 Å². The molecule has 7 heteroatoms. The maximum absolute atomic E-state index is 12.6. The van der Waals surface area contributed by atoms with Gasteiger partial charge in [0.2, 0.25) is 0 Å². The second-order valence-electron chi connectivity index (χ2n) is 6.65. The van der Waals surface area contributed by atoms with Crippen LogP contribution in [0.2, 0.25) is 0 Å². The van der Waals surface area contributed by atoms with Crippen LogP contribution in [0.5, 0.6) is 0 Å². The summed E-state index contributed by atoms with van der Waals surface area (Å²) in [6, 6.07) is 9.94. The van der Waals surface area contributed by atoms with Crippen molar-refractivity contribution in [2.75, 3.05) is 0 Å². The Morgan fingerprint density at radius 2 is 2.04 bits per heavy atom. The largest absolute Gasteiger partial charge is 0.348 e. The van der Waals surface area contributed by atoms with Crippen LogP contribution in [-0.4, -0.2) is 25.5 Å². The summed E-state index contributed by atoms with van der Waals surface area (Å²) in [5.41, 5.74) is 12.9. The number of pyridine rings is 1. The molecule has 0 saturated carbocycles. The zero-order valence-electron chi connectivity index (χ0n) is 14.8. The molecule has 0 saturated heterocycles. The van der Waals surface area contributed by atoms with Gasteiger partial charge in [-0.2, -0.15) is 5.10 Å². The van der Waals surface area contributed by atoms with Crippen molar-refractivity contribution in [1.82, 2.24) is 24.9 Å². The Morgan fingerprint density at radius 1 is 1.19 bits per heavy atom. The third-order valence-electron chi connectivity index (χ3n) is 5.12. The Bertz CT molecular complexity index is 1200. The number of nitrogens with one attached hydrogen (secondary N) is 2. The van der Waals surface area contributed by atoms with Crippen molar-refractivity contribution in [3.8, 4) is 22.5 Å². The summed E-state index contributed by atoms with van der Waals surface area (Å²) in [6.07, 6.45) is 3.76. The number of aromatic amines is 1. The summed E-state index contributed by atoms with van der Waals surface area (Å²) in [5, 5.41) is 7.37. The van der Waals surface area contributed by atoms with Crippen molar-refractivity contribution in [3.05, 3.63) is 65.2 Å². The number of carbonyl (C=O) groups is 1. The van der Waals surface area contributed by atoms with Gasteiger partial charge in [-0.1, -0.05) is 12.1 Å². The third-order valence-corrected chi connectivity index (χ3v) is 5.12. The number of benzene rings is 1. The molecule has 134 valence electrons. The van der Waals surface area contributed by atoms with Crippen LogP contribution in [0.1, 0.15) is 27.3 Å². The van der Waals surface area contributed by atoms with E-state index >= 15 is 0 Å². The molecule has 0 aliphatic carbocycles. The number of nitrogens with zero attached hydrogens (tertiary/aromatic N) is 3. The Hall–Kier alpha value is -3.45. The first-order chi connectivity index (χ1) is 13.2. The fourth-order valence-corrected chi connectivity index (χ4v) is 3.76. The third kappa shape index (κ3) is 2.29. The zero-order valence-corrected chi connectivity index (χ0v) is 14.8. The number of carbonyl (C=O) groups excluding carboxylic acids is 1. The molecule has 3 aromatic heterocycles. The molecule has 4 aromatic rings. The van der Waals surface area contributed by atoms with E-state index in [1.807, 2.05) is 54.2 Å². The van der Waals surface area contributed by atoms with E-state index in [0.29, 0.717) is 24.5 Å². The van der Waals surface area contributed by atoms with E-state index in [2.05, 4.69) is 20.4 Å². The van der Waals surface area contributed by atoms with E-state index in [4.69, 9.17) is 5.73 Å². The SMILES string of the molecule is Cc1[nH]c(-c2ccc(-c3cnn4ccccc34)c3c2C(=O)NC3)nc1CN. The number of H-pyrrole nitrogens is 1. The van der Waals surface area contributed by atoms with Gasteiger partial charge in [0, 0.05) is 36.1 Å². The molecular formula is C20H18N6O. The highest BCUT2D eigenvalue weighted by Crippen LogP contribution is 2.36. The summed E-state index contributed by atoms with van der Waals surface area (Å²) >= 11 is 0. The summed E-state index contributed by atoms with van der Waals surface area (Å²) in [7, 11) is 0. The van der Waals surface area contributed by atoms with Gasteiger partial charge in [0.1, 0.15) is 5.82 Å². The first-order valence-electron chi connectivity index (χ1n) is 8.80. The molecule has 0 spiro atoms. The van der Waals surface area contributed by atoms with Gasteiger partial charge in [-0.05, 0) is 36.2 Å². The average Bonchev–Trinajstić information content (AvgIpc) is 3.38. The number of amides is 1. The number of aromatic nitrogens is 4. The lowest BCUT2D eigenvalue weighted by molar-refractivity contribution is 0.0966. The second kappa shape index (κ2) is 5.78. The summed E-state index contributed by atoms with van der Waals surface area (Å²) in [6.45, 7) is 2.79.